The topological polar surface area (TPSA) is 30.5 Å². The van der Waals surface area contributed by atoms with Crippen molar-refractivity contribution in [3.63, 3.8) is 0 Å². The van der Waals surface area contributed by atoms with Gasteiger partial charge in [0.2, 0.25) is 0 Å². The molecular weight excluding hydrogens is 377 g/mol. The van der Waals surface area contributed by atoms with Crippen LogP contribution in [-0.2, 0) is 6.54 Å². The Kier molecular flexibility index (Phi) is 5.62. The van der Waals surface area contributed by atoms with Gasteiger partial charge in [0.15, 0.2) is 11.5 Å². The second kappa shape index (κ2) is 7.25. The lowest BCUT2D eigenvalue weighted by molar-refractivity contribution is 0.354. The van der Waals surface area contributed by atoms with Crippen molar-refractivity contribution >= 4 is 44.8 Å². The van der Waals surface area contributed by atoms with Gasteiger partial charge in [0.05, 0.1) is 30.0 Å². The monoisotopic (exact) mass is 389 g/mol. The molecule has 0 atom stereocenters. The summed E-state index contributed by atoms with van der Waals surface area (Å²) in [5.74, 6) is 1.39. The molecule has 0 fully saturated rings. The van der Waals surface area contributed by atoms with Crippen molar-refractivity contribution in [2.75, 3.05) is 19.5 Å². The Morgan fingerprint density at radius 3 is 2.38 bits per heavy atom. The predicted molar refractivity (Wildman–Crippen MR) is 91.0 cm³/mol. The van der Waals surface area contributed by atoms with Crippen molar-refractivity contribution in [1.29, 1.82) is 0 Å². The minimum absolute atomic E-state index is 0.492. The zero-order valence-electron chi connectivity index (χ0n) is 11.5. The van der Waals surface area contributed by atoms with Gasteiger partial charge in [0.25, 0.3) is 0 Å². The molecule has 2 aromatic carbocycles. The van der Waals surface area contributed by atoms with Gasteiger partial charge in [-0.05, 0) is 45.8 Å². The standard InChI is InChI=1S/C15H14BrCl2NO2/c1-20-12-6-3-9(7-13(12)21-2)8-19-11-5-4-10(16)14(17)15(11)18/h3-7,19H,8H2,1-2H3. The highest BCUT2D eigenvalue weighted by molar-refractivity contribution is 9.10. The molecule has 0 aliphatic carbocycles. The Morgan fingerprint density at radius 2 is 1.71 bits per heavy atom. The molecule has 0 saturated carbocycles. The van der Waals surface area contributed by atoms with E-state index in [9.17, 15) is 0 Å². The minimum Gasteiger partial charge on any atom is -0.493 e. The molecule has 0 aliphatic rings. The van der Waals surface area contributed by atoms with Crippen molar-refractivity contribution in [2.45, 2.75) is 6.54 Å². The van der Waals surface area contributed by atoms with Crippen molar-refractivity contribution in [3.05, 3.63) is 50.4 Å². The average Bonchev–Trinajstić information content (AvgIpc) is 2.51. The predicted octanol–water partition coefficient (Wildman–Crippen LogP) is 5.39. The van der Waals surface area contributed by atoms with Crippen LogP contribution in [0.1, 0.15) is 5.56 Å². The van der Waals surface area contributed by atoms with Gasteiger partial charge in [0, 0.05) is 11.0 Å². The maximum atomic E-state index is 6.20. The van der Waals surface area contributed by atoms with Gasteiger partial charge in [-0.2, -0.15) is 0 Å². The van der Waals surface area contributed by atoms with Crippen LogP contribution in [0.15, 0.2) is 34.8 Å². The maximum Gasteiger partial charge on any atom is 0.161 e. The van der Waals surface area contributed by atoms with E-state index < -0.39 is 0 Å². The Bertz CT molecular complexity index is 650. The first-order chi connectivity index (χ1) is 10.1. The fourth-order valence-corrected chi connectivity index (χ4v) is 2.69. The summed E-state index contributed by atoms with van der Waals surface area (Å²) in [5, 5.41) is 4.24. The fraction of sp³-hybridized carbons (Fsp3) is 0.200. The van der Waals surface area contributed by atoms with Crippen molar-refractivity contribution < 1.29 is 9.47 Å². The molecule has 0 amide bonds. The first-order valence-corrected chi connectivity index (χ1v) is 7.70. The van der Waals surface area contributed by atoms with Crippen LogP contribution in [0.2, 0.25) is 10.0 Å². The van der Waals surface area contributed by atoms with Crippen LogP contribution in [0, 0.1) is 0 Å². The summed E-state index contributed by atoms with van der Waals surface area (Å²) in [5.41, 5.74) is 1.82. The summed E-state index contributed by atoms with van der Waals surface area (Å²) in [6.45, 7) is 0.595. The van der Waals surface area contributed by atoms with Gasteiger partial charge in [-0.15, -0.1) is 0 Å². The summed E-state index contributed by atoms with van der Waals surface area (Å²) >= 11 is 15.6. The van der Waals surface area contributed by atoms with E-state index in [2.05, 4.69) is 21.2 Å². The number of ether oxygens (including phenoxy) is 2. The molecule has 0 aromatic heterocycles. The number of rotatable bonds is 5. The lowest BCUT2D eigenvalue weighted by atomic mass is 10.2. The van der Waals surface area contributed by atoms with Gasteiger partial charge in [-0.3, -0.25) is 0 Å². The Balaban J connectivity index is 2.15. The van der Waals surface area contributed by atoms with E-state index >= 15 is 0 Å². The average molecular weight is 391 g/mol. The number of nitrogens with one attached hydrogen (secondary N) is 1. The maximum absolute atomic E-state index is 6.20. The molecule has 2 aromatic rings. The van der Waals surface area contributed by atoms with E-state index in [1.165, 1.54) is 0 Å². The second-order valence-corrected chi connectivity index (χ2v) is 5.88. The largest absolute Gasteiger partial charge is 0.493 e. The third-order valence-electron chi connectivity index (χ3n) is 2.97. The number of methoxy groups -OCH3 is 2. The number of benzene rings is 2. The minimum atomic E-state index is 0.492. The van der Waals surface area contributed by atoms with Gasteiger partial charge < -0.3 is 14.8 Å². The lowest BCUT2D eigenvalue weighted by Crippen LogP contribution is -2.01. The van der Waals surface area contributed by atoms with E-state index in [1.54, 1.807) is 14.2 Å². The molecule has 0 spiro atoms. The van der Waals surface area contributed by atoms with E-state index in [0.29, 0.717) is 28.1 Å². The van der Waals surface area contributed by atoms with E-state index in [0.717, 1.165) is 15.7 Å². The highest BCUT2D eigenvalue weighted by Crippen LogP contribution is 2.36. The van der Waals surface area contributed by atoms with E-state index in [4.69, 9.17) is 32.7 Å². The van der Waals surface area contributed by atoms with Crippen LogP contribution < -0.4 is 14.8 Å². The normalized spacial score (nSPS) is 10.3. The Morgan fingerprint density at radius 1 is 1.00 bits per heavy atom. The zero-order valence-corrected chi connectivity index (χ0v) is 14.6. The highest BCUT2D eigenvalue weighted by atomic mass is 79.9. The fourth-order valence-electron chi connectivity index (χ4n) is 1.85. The molecule has 21 heavy (non-hydrogen) atoms. The highest BCUT2D eigenvalue weighted by Gasteiger charge is 2.09. The van der Waals surface area contributed by atoms with Gasteiger partial charge in [-0.25, -0.2) is 0 Å². The van der Waals surface area contributed by atoms with Gasteiger partial charge >= 0.3 is 0 Å². The van der Waals surface area contributed by atoms with Crippen molar-refractivity contribution in [2.24, 2.45) is 0 Å². The van der Waals surface area contributed by atoms with Crippen LogP contribution in [0.4, 0.5) is 5.69 Å². The van der Waals surface area contributed by atoms with Crippen LogP contribution in [0.3, 0.4) is 0 Å². The number of hydrogen-bond acceptors (Lipinski definition) is 3. The summed E-state index contributed by atoms with van der Waals surface area (Å²) in [7, 11) is 3.22. The second-order valence-electron chi connectivity index (χ2n) is 4.27. The molecule has 0 bridgehead atoms. The summed E-state index contributed by atoms with van der Waals surface area (Å²) in [6.07, 6.45) is 0. The molecule has 112 valence electrons. The Labute approximate surface area is 142 Å². The molecular formula is C15H14BrCl2NO2. The number of hydrogen-bond donors (Lipinski definition) is 1. The van der Waals surface area contributed by atoms with E-state index in [-0.39, 0.29) is 0 Å². The first-order valence-electron chi connectivity index (χ1n) is 6.15. The molecule has 0 heterocycles. The molecule has 0 saturated heterocycles. The van der Waals surface area contributed by atoms with E-state index in [1.807, 2.05) is 30.3 Å². The molecule has 0 radical (unpaired) electrons. The quantitative estimate of drug-likeness (QED) is 0.694. The third-order valence-corrected chi connectivity index (χ3v) is 4.74. The molecule has 0 aliphatic heterocycles. The lowest BCUT2D eigenvalue weighted by Gasteiger charge is -2.12. The van der Waals surface area contributed by atoms with Crippen LogP contribution in [-0.4, -0.2) is 14.2 Å². The number of anilines is 1. The van der Waals surface area contributed by atoms with Crippen molar-refractivity contribution in [1.82, 2.24) is 0 Å². The van der Waals surface area contributed by atoms with Crippen LogP contribution in [0.5, 0.6) is 11.5 Å². The van der Waals surface area contributed by atoms with Gasteiger partial charge in [0.1, 0.15) is 0 Å². The molecule has 0 unspecified atom stereocenters. The zero-order chi connectivity index (χ0) is 15.4. The first kappa shape index (κ1) is 16.3. The summed E-state index contributed by atoms with van der Waals surface area (Å²) < 4.78 is 11.3. The molecule has 2 rings (SSSR count). The molecule has 3 nitrogen and oxygen atoms in total. The number of halogens is 3. The molecule has 6 heteroatoms. The summed E-state index contributed by atoms with van der Waals surface area (Å²) in [6, 6.07) is 9.47. The van der Waals surface area contributed by atoms with Gasteiger partial charge in [-0.1, -0.05) is 29.3 Å². The molecule has 1 N–H and O–H groups in total. The smallest absolute Gasteiger partial charge is 0.161 e. The SMILES string of the molecule is COc1ccc(CNc2ccc(Br)c(Cl)c2Cl)cc1OC. The van der Waals surface area contributed by atoms with Crippen LogP contribution in [0.25, 0.3) is 0 Å². The third kappa shape index (κ3) is 3.76. The van der Waals surface area contributed by atoms with Crippen molar-refractivity contribution in [3.8, 4) is 11.5 Å². The summed E-state index contributed by atoms with van der Waals surface area (Å²) in [4.78, 5) is 0. The Hall–Kier alpha value is -1.10. The van der Waals surface area contributed by atoms with Crippen LogP contribution >= 0.6 is 39.1 Å².